The zero-order chi connectivity index (χ0) is 18.4. The van der Waals surface area contributed by atoms with Gasteiger partial charge in [0.15, 0.2) is 6.61 Å². The molecule has 0 unspecified atom stereocenters. The molecule has 3 aromatic rings. The lowest BCUT2D eigenvalue weighted by atomic mass is 9.97. The van der Waals surface area contributed by atoms with Crippen molar-refractivity contribution in [2.24, 2.45) is 0 Å². The fraction of sp³-hybridized carbons (Fsp3) is 0.250. The molecule has 0 radical (unpaired) electrons. The highest BCUT2D eigenvalue weighted by molar-refractivity contribution is 5.92. The van der Waals surface area contributed by atoms with Crippen LogP contribution in [0.3, 0.4) is 0 Å². The lowest BCUT2D eigenvalue weighted by Gasteiger charge is -2.15. The van der Waals surface area contributed by atoms with Crippen LogP contribution in [0.5, 0.6) is 5.75 Å². The SMILES string of the molecule is CC[C@H](C)c1ccccc1NC(=O)COc1ccc(-c2nnco2)cc1. The Morgan fingerprint density at radius 1 is 1.19 bits per heavy atom. The van der Waals surface area contributed by atoms with Crippen molar-refractivity contribution in [2.45, 2.75) is 26.2 Å². The van der Waals surface area contributed by atoms with Gasteiger partial charge in [0.2, 0.25) is 12.3 Å². The van der Waals surface area contributed by atoms with Crippen molar-refractivity contribution in [1.29, 1.82) is 0 Å². The molecular formula is C20H21N3O3. The van der Waals surface area contributed by atoms with E-state index in [0.717, 1.165) is 23.2 Å². The zero-order valence-corrected chi connectivity index (χ0v) is 14.8. The van der Waals surface area contributed by atoms with Crippen LogP contribution in [0.15, 0.2) is 59.3 Å². The fourth-order valence-corrected chi connectivity index (χ4v) is 2.59. The quantitative estimate of drug-likeness (QED) is 0.688. The summed E-state index contributed by atoms with van der Waals surface area (Å²) in [4.78, 5) is 12.2. The van der Waals surface area contributed by atoms with Crippen molar-refractivity contribution in [2.75, 3.05) is 11.9 Å². The predicted octanol–water partition coefficient (Wildman–Crippen LogP) is 4.27. The van der Waals surface area contributed by atoms with Crippen LogP contribution in [0.2, 0.25) is 0 Å². The highest BCUT2D eigenvalue weighted by atomic mass is 16.5. The van der Waals surface area contributed by atoms with Gasteiger partial charge in [-0.1, -0.05) is 32.0 Å². The molecule has 0 aliphatic carbocycles. The first-order valence-corrected chi connectivity index (χ1v) is 8.55. The number of nitrogens with one attached hydrogen (secondary N) is 1. The van der Waals surface area contributed by atoms with Gasteiger partial charge in [0, 0.05) is 11.3 Å². The first-order chi connectivity index (χ1) is 12.7. The number of amides is 1. The lowest BCUT2D eigenvalue weighted by Crippen LogP contribution is -2.21. The molecule has 0 saturated heterocycles. The van der Waals surface area contributed by atoms with Crippen molar-refractivity contribution in [3.8, 4) is 17.2 Å². The molecule has 3 rings (SSSR count). The third-order valence-corrected chi connectivity index (χ3v) is 4.21. The van der Waals surface area contributed by atoms with Crippen molar-refractivity contribution in [3.63, 3.8) is 0 Å². The van der Waals surface area contributed by atoms with Gasteiger partial charge in [0.05, 0.1) is 0 Å². The number of ether oxygens (including phenoxy) is 1. The standard InChI is InChI=1S/C20H21N3O3/c1-3-14(2)17-6-4-5-7-18(17)22-19(24)12-25-16-10-8-15(9-11-16)20-23-21-13-26-20/h4-11,13-14H,3,12H2,1-2H3,(H,22,24)/t14-/m0/s1. The Balaban J connectivity index is 1.58. The average molecular weight is 351 g/mol. The van der Waals surface area contributed by atoms with Gasteiger partial charge >= 0.3 is 0 Å². The van der Waals surface area contributed by atoms with Gasteiger partial charge in [0.1, 0.15) is 5.75 Å². The van der Waals surface area contributed by atoms with Crippen LogP contribution in [0.25, 0.3) is 11.5 Å². The largest absolute Gasteiger partial charge is 0.484 e. The third kappa shape index (κ3) is 4.27. The van der Waals surface area contributed by atoms with Gasteiger partial charge in [-0.15, -0.1) is 10.2 Å². The van der Waals surface area contributed by atoms with E-state index in [1.165, 1.54) is 6.39 Å². The zero-order valence-electron chi connectivity index (χ0n) is 14.8. The Labute approximate surface area is 152 Å². The summed E-state index contributed by atoms with van der Waals surface area (Å²) in [6, 6.07) is 15.0. The Kier molecular flexibility index (Phi) is 5.63. The molecule has 0 fully saturated rings. The molecule has 0 aliphatic rings. The van der Waals surface area contributed by atoms with Crippen LogP contribution in [-0.4, -0.2) is 22.7 Å². The highest BCUT2D eigenvalue weighted by Crippen LogP contribution is 2.26. The summed E-state index contributed by atoms with van der Waals surface area (Å²) in [6.45, 7) is 4.21. The first-order valence-electron chi connectivity index (χ1n) is 8.55. The van der Waals surface area contributed by atoms with Crippen LogP contribution in [0.4, 0.5) is 5.69 Å². The van der Waals surface area contributed by atoms with E-state index in [-0.39, 0.29) is 12.5 Å². The minimum absolute atomic E-state index is 0.0608. The van der Waals surface area contributed by atoms with Crippen molar-refractivity contribution in [3.05, 3.63) is 60.5 Å². The lowest BCUT2D eigenvalue weighted by molar-refractivity contribution is -0.118. The number of benzene rings is 2. The fourth-order valence-electron chi connectivity index (χ4n) is 2.59. The van der Waals surface area contributed by atoms with Crippen molar-refractivity contribution < 1.29 is 13.9 Å². The van der Waals surface area contributed by atoms with Gasteiger partial charge in [-0.25, -0.2) is 0 Å². The number of carbonyl (C=O) groups excluding carboxylic acids is 1. The maximum atomic E-state index is 12.2. The van der Waals surface area contributed by atoms with E-state index in [2.05, 4.69) is 29.4 Å². The second-order valence-electron chi connectivity index (χ2n) is 6.00. The van der Waals surface area contributed by atoms with Gasteiger partial charge in [0.25, 0.3) is 5.91 Å². The average Bonchev–Trinajstić information content (AvgIpc) is 3.21. The van der Waals surface area contributed by atoms with Crippen molar-refractivity contribution >= 4 is 11.6 Å². The molecule has 0 saturated carbocycles. The normalized spacial score (nSPS) is 11.8. The number of aromatic nitrogens is 2. The number of carbonyl (C=O) groups is 1. The first kappa shape index (κ1) is 17.7. The monoisotopic (exact) mass is 351 g/mol. The summed E-state index contributed by atoms with van der Waals surface area (Å²) in [6.07, 6.45) is 2.29. The third-order valence-electron chi connectivity index (χ3n) is 4.21. The van der Waals surface area contributed by atoms with Crippen molar-refractivity contribution in [1.82, 2.24) is 10.2 Å². The highest BCUT2D eigenvalue weighted by Gasteiger charge is 2.11. The molecule has 0 aliphatic heterocycles. The van der Waals surface area contributed by atoms with Gasteiger partial charge in [-0.2, -0.15) is 0 Å². The van der Waals surface area contributed by atoms with E-state index in [0.29, 0.717) is 17.6 Å². The number of anilines is 1. The Morgan fingerprint density at radius 2 is 1.96 bits per heavy atom. The summed E-state index contributed by atoms with van der Waals surface area (Å²) >= 11 is 0. The van der Waals surface area contributed by atoms with Crippen LogP contribution >= 0.6 is 0 Å². The summed E-state index contributed by atoms with van der Waals surface area (Å²) < 4.78 is 10.7. The minimum Gasteiger partial charge on any atom is -0.484 e. The van der Waals surface area contributed by atoms with Crippen LogP contribution < -0.4 is 10.1 Å². The Bertz CT molecular complexity index is 845. The second-order valence-corrected chi connectivity index (χ2v) is 6.00. The summed E-state index contributed by atoms with van der Waals surface area (Å²) in [7, 11) is 0. The molecule has 0 spiro atoms. The molecule has 26 heavy (non-hydrogen) atoms. The molecule has 1 N–H and O–H groups in total. The maximum Gasteiger partial charge on any atom is 0.262 e. The minimum atomic E-state index is -0.193. The summed E-state index contributed by atoms with van der Waals surface area (Å²) in [5.74, 6) is 1.22. The molecule has 6 heteroatoms. The van der Waals surface area contributed by atoms with Gasteiger partial charge < -0.3 is 14.5 Å². The van der Waals surface area contributed by atoms with E-state index in [1.54, 1.807) is 24.3 Å². The number of hydrogen-bond acceptors (Lipinski definition) is 5. The Morgan fingerprint density at radius 3 is 2.65 bits per heavy atom. The molecular weight excluding hydrogens is 330 g/mol. The number of para-hydroxylation sites is 1. The van der Waals surface area contributed by atoms with E-state index in [9.17, 15) is 4.79 Å². The van der Waals surface area contributed by atoms with Crippen LogP contribution in [0, 0.1) is 0 Å². The molecule has 1 aromatic heterocycles. The van der Waals surface area contributed by atoms with E-state index < -0.39 is 0 Å². The second kappa shape index (κ2) is 8.29. The molecule has 2 aromatic carbocycles. The number of hydrogen-bond donors (Lipinski definition) is 1. The van der Waals surface area contributed by atoms with E-state index in [4.69, 9.17) is 9.15 Å². The number of nitrogens with zero attached hydrogens (tertiary/aromatic N) is 2. The summed E-state index contributed by atoms with van der Waals surface area (Å²) in [5.41, 5.74) is 2.76. The van der Waals surface area contributed by atoms with Crippen LogP contribution in [-0.2, 0) is 4.79 Å². The maximum absolute atomic E-state index is 12.2. The Hall–Kier alpha value is -3.15. The molecule has 134 valence electrons. The molecule has 1 amide bonds. The van der Waals surface area contributed by atoms with Crippen LogP contribution in [0.1, 0.15) is 31.7 Å². The predicted molar refractivity (Wildman–Crippen MR) is 99.0 cm³/mol. The molecule has 1 heterocycles. The van der Waals surface area contributed by atoms with Gasteiger partial charge in [-0.3, -0.25) is 4.79 Å². The topological polar surface area (TPSA) is 77.2 Å². The molecule has 6 nitrogen and oxygen atoms in total. The smallest absolute Gasteiger partial charge is 0.262 e. The number of rotatable bonds is 7. The molecule has 0 bridgehead atoms. The van der Waals surface area contributed by atoms with Gasteiger partial charge in [-0.05, 0) is 48.2 Å². The summed E-state index contributed by atoms with van der Waals surface area (Å²) in [5, 5.41) is 10.4. The molecule has 1 atom stereocenters. The van der Waals surface area contributed by atoms with E-state index >= 15 is 0 Å². The van der Waals surface area contributed by atoms with E-state index in [1.807, 2.05) is 24.3 Å².